The number of fused-ring (bicyclic) bond motifs is 1. The van der Waals surface area contributed by atoms with Crippen molar-refractivity contribution in [1.82, 2.24) is 15.0 Å². The number of hydrogen-bond acceptors (Lipinski definition) is 4. The number of carbonyl (C=O) groups excluding carboxylic acids is 1. The van der Waals surface area contributed by atoms with Gasteiger partial charge < -0.3 is 4.98 Å². The van der Waals surface area contributed by atoms with Crippen molar-refractivity contribution < 1.29 is 4.79 Å². The van der Waals surface area contributed by atoms with Crippen LogP contribution in [0.25, 0.3) is 11.0 Å². The van der Waals surface area contributed by atoms with Gasteiger partial charge in [0.15, 0.2) is 5.52 Å². The molecule has 92 valence electrons. The number of rotatable bonds is 1. The molecule has 1 N–H and O–H groups in total. The van der Waals surface area contributed by atoms with Gasteiger partial charge in [-0.25, -0.2) is 9.97 Å². The number of aromatic amines is 1. The van der Waals surface area contributed by atoms with Crippen molar-refractivity contribution >= 4 is 22.8 Å². The molecule has 1 saturated heterocycles. The maximum atomic E-state index is 11.8. The molecular formula is C12H12N4O2. The van der Waals surface area contributed by atoms with Crippen molar-refractivity contribution in [2.45, 2.75) is 19.8 Å². The number of hydrogen-bond donors (Lipinski definition) is 1. The molecule has 2 aromatic rings. The fraction of sp³-hybridized carbons (Fsp3) is 0.333. The second-order valence-corrected chi connectivity index (χ2v) is 4.34. The second-order valence-electron chi connectivity index (χ2n) is 4.34. The fourth-order valence-electron chi connectivity index (χ4n) is 2.17. The summed E-state index contributed by atoms with van der Waals surface area (Å²) < 4.78 is 0. The van der Waals surface area contributed by atoms with Gasteiger partial charge in [0.25, 0.3) is 5.56 Å². The summed E-state index contributed by atoms with van der Waals surface area (Å²) >= 11 is 0. The van der Waals surface area contributed by atoms with Gasteiger partial charge in [0, 0.05) is 13.0 Å². The highest BCUT2D eigenvalue weighted by Gasteiger charge is 2.23. The summed E-state index contributed by atoms with van der Waals surface area (Å²) in [6.07, 6.45) is 1.38. The number of aryl methyl sites for hydroxylation is 1. The van der Waals surface area contributed by atoms with Crippen LogP contribution >= 0.6 is 0 Å². The van der Waals surface area contributed by atoms with Gasteiger partial charge in [0.1, 0.15) is 11.6 Å². The van der Waals surface area contributed by atoms with Crippen LogP contribution in [-0.4, -0.2) is 27.4 Å². The maximum absolute atomic E-state index is 11.8. The Bertz CT molecular complexity index is 692. The Morgan fingerprint density at radius 1 is 1.28 bits per heavy atom. The number of anilines is 1. The van der Waals surface area contributed by atoms with Gasteiger partial charge in [0.2, 0.25) is 5.91 Å². The van der Waals surface area contributed by atoms with Crippen molar-refractivity contribution in [3.05, 3.63) is 28.3 Å². The van der Waals surface area contributed by atoms with E-state index < -0.39 is 0 Å². The van der Waals surface area contributed by atoms with Crippen LogP contribution in [0.15, 0.2) is 16.9 Å². The predicted molar refractivity (Wildman–Crippen MR) is 66.5 cm³/mol. The number of amides is 1. The van der Waals surface area contributed by atoms with Gasteiger partial charge in [-0.15, -0.1) is 0 Å². The molecule has 2 aromatic heterocycles. The molecule has 0 unspecified atom stereocenters. The number of H-pyrrole nitrogens is 1. The topological polar surface area (TPSA) is 79.0 Å². The molecule has 6 heteroatoms. The molecule has 3 heterocycles. The van der Waals surface area contributed by atoms with E-state index in [9.17, 15) is 9.59 Å². The lowest BCUT2D eigenvalue weighted by Crippen LogP contribution is -2.25. The van der Waals surface area contributed by atoms with Crippen LogP contribution in [0.2, 0.25) is 0 Å². The van der Waals surface area contributed by atoms with Crippen LogP contribution in [0.5, 0.6) is 0 Å². The van der Waals surface area contributed by atoms with E-state index in [-0.39, 0.29) is 17.0 Å². The third-order valence-electron chi connectivity index (χ3n) is 3.01. The Labute approximate surface area is 103 Å². The standard InChI is InChI=1S/C12H12N4O2/c1-7-13-8-4-5-9(15-11(8)12(18)14-7)16-6-2-3-10(16)17/h4-5H,2-3,6H2,1H3,(H,13,14,18). The molecule has 0 spiro atoms. The van der Waals surface area contributed by atoms with Gasteiger partial charge in [0.05, 0.1) is 5.52 Å². The summed E-state index contributed by atoms with van der Waals surface area (Å²) in [5, 5.41) is 0. The monoisotopic (exact) mass is 244 g/mol. The van der Waals surface area contributed by atoms with Crippen LogP contribution in [0.4, 0.5) is 5.82 Å². The largest absolute Gasteiger partial charge is 0.309 e. The highest BCUT2D eigenvalue weighted by molar-refractivity contribution is 5.95. The van der Waals surface area contributed by atoms with Crippen LogP contribution in [0, 0.1) is 6.92 Å². The molecular weight excluding hydrogens is 232 g/mol. The zero-order chi connectivity index (χ0) is 12.7. The first-order valence-electron chi connectivity index (χ1n) is 5.83. The lowest BCUT2D eigenvalue weighted by atomic mass is 10.3. The van der Waals surface area contributed by atoms with Crippen LogP contribution in [0.3, 0.4) is 0 Å². The summed E-state index contributed by atoms with van der Waals surface area (Å²) in [6, 6.07) is 3.46. The fourth-order valence-corrected chi connectivity index (χ4v) is 2.17. The van der Waals surface area contributed by atoms with E-state index in [0.717, 1.165) is 6.42 Å². The minimum atomic E-state index is -0.272. The molecule has 3 rings (SSSR count). The number of nitrogens with zero attached hydrogens (tertiary/aromatic N) is 3. The summed E-state index contributed by atoms with van der Waals surface area (Å²) in [7, 11) is 0. The summed E-state index contributed by atoms with van der Waals surface area (Å²) in [5.74, 6) is 1.14. The van der Waals surface area contributed by atoms with E-state index in [0.29, 0.717) is 30.1 Å². The zero-order valence-corrected chi connectivity index (χ0v) is 9.93. The Balaban J connectivity index is 2.16. The molecule has 0 aliphatic carbocycles. The Morgan fingerprint density at radius 3 is 2.83 bits per heavy atom. The SMILES string of the molecule is Cc1nc2ccc(N3CCCC3=O)nc2c(=O)[nH]1. The molecule has 0 radical (unpaired) electrons. The highest BCUT2D eigenvalue weighted by Crippen LogP contribution is 2.20. The molecule has 0 bridgehead atoms. The summed E-state index contributed by atoms with van der Waals surface area (Å²) in [5.41, 5.74) is 0.551. The summed E-state index contributed by atoms with van der Waals surface area (Å²) in [6.45, 7) is 2.38. The second kappa shape index (κ2) is 3.90. The number of pyridine rings is 1. The molecule has 6 nitrogen and oxygen atoms in total. The Morgan fingerprint density at radius 2 is 2.11 bits per heavy atom. The Hall–Kier alpha value is -2.24. The molecule has 0 aromatic carbocycles. The van der Waals surface area contributed by atoms with Crippen molar-refractivity contribution in [1.29, 1.82) is 0 Å². The van der Waals surface area contributed by atoms with Crippen molar-refractivity contribution in [2.75, 3.05) is 11.4 Å². The molecule has 1 amide bonds. The van der Waals surface area contributed by atoms with Crippen molar-refractivity contribution in [3.63, 3.8) is 0 Å². The normalized spacial score (nSPS) is 15.6. The first kappa shape index (κ1) is 10.9. The quantitative estimate of drug-likeness (QED) is 0.803. The first-order chi connectivity index (χ1) is 8.65. The third kappa shape index (κ3) is 1.66. The predicted octanol–water partition coefficient (Wildman–Crippen LogP) is 0.753. The van der Waals surface area contributed by atoms with Crippen LogP contribution in [-0.2, 0) is 4.79 Å². The van der Waals surface area contributed by atoms with Gasteiger partial charge in [-0.1, -0.05) is 0 Å². The molecule has 1 aliphatic rings. The molecule has 0 atom stereocenters. The lowest BCUT2D eigenvalue weighted by molar-refractivity contribution is -0.117. The average molecular weight is 244 g/mol. The van der Waals surface area contributed by atoms with Gasteiger partial charge in [-0.05, 0) is 25.5 Å². The molecule has 0 saturated carbocycles. The van der Waals surface area contributed by atoms with Crippen molar-refractivity contribution in [3.8, 4) is 0 Å². The van der Waals surface area contributed by atoms with E-state index in [1.165, 1.54) is 0 Å². The number of aromatic nitrogens is 3. The van der Waals surface area contributed by atoms with Gasteiger partial charge >= 0.3 is 0 Å². The molecule has 18 heavy (non-hydrogen) atoms. The number of carbonyl (C=O) groups is 1. The number of nitrogens with one attached hydrogen (secondary N) is 1. The van der Waals surface area contributed by atoms with Gasteiger partial charge in [-0.2, -0.15) is 0 Å². The first-order valence-corrected chi connectivity index (χ1v) is 5.83. The minimum Gasteiger partial charge on any atom is -0.309 e. The molecule has 1 aliphatic heterocycles. The zero-order valence-electron chi connectivity index (χ0n) is 9.93. The van der Waals surface area contributed by atoms with E-state index >= 15 is 0 Å². The smallest absolute Gasteiger partial charge is 0.277 e. The highest BCUT2D eigenvalue weighted by atomic mass is 16.2. The lowest BCUT2D eigenvalue weighted by Gasteiger charge is -2.14. The minimum absolute atomic E-state index is 0.0540. The van der Waals surface area contributed by atoms with Gasteiger partial charge in [-0.3, -0.25) is 14.5 Å². The van der Waals surface area contributed by atoms with E-state index in [1.807, 2.05) is 0 Å². The summed E-state index contributed by atoms with van der Waals surface area (Å²) in [4.78, 5) is 36.1. The van der Waals surface area contributed by atoms with E-state index in [4.69, 9.17) is 0 Å². The Kier molecular flexibility index (Phi) is 2.36. The maximum Gasteiger partial charge on any atom is 0.277 e. The third-order valence-corrected chi connectivity index (χ3v) is 3.01. The molecule has 1 fully saturated rings. The van der Waals surface area contributed by atoms with Crippen molar-refractivity contribution in [2.24, 2.45) is 0 Å². The van der Waals surface area contributed by atoms with Crippen LogP contribution < -0.4 is 10.5 Å². The van der Waals surface area contributed by atoms with Crippen LogP contribution in [0.1, 0.15) is 18.7 Å². The van der Waals surface area contributed by atoms with E-state index in [2.05, 4.69) is 15.0 Å². The van der Waals surface area contributed by atoms with E-state index in [1.54, 1.807) is 24.0 Å². The average Bonchev–Trinajstić information content (AvgIpc) is 2.75.